The average molecular weight is 388 g/mol. The number of anilines is 2. The minimum Gasteiger partial charge on any atom is -0.368 e. The van der Waals surface area contributed by atoms with Crippen molar-refractivity contribution < 1.29 is 9.59 Å². The van der Waals surface area contributed by atoms with Gasteiger partial charge in [-0.2, -0.15) is 0 Å². The Morgan fingerprint density at radius 1 is 1.11 bits per heavy atom. The van der Waals surface area contributed by atoms with Crippen LogP contribution in [-0.4, -0.2) is 54.0 Å². The Kier molecular flexibility index (Phi) is 6.13. The van der Waals surface area contributed by atoms with E-state index in [1.807, 2.05) is 24.3 Å². The molecule has 2 aromatic rings. The molecule has 0 unspecified atom stereocenters. The van der Waals surface area contributed by atoms with Crippen molar-refractivity contribution in [1.82, 2.24) is 15.2 Å². The molecule has 1 aromatic heterocycles. The first-order chi connectivity index (χ1) is 13.0. The van der Waals surface area contributed by atoms with E-state index in [4.69, 9.17) is 11.6 Å². The molecule has 3 amide bonds. The number of hydrogen-bond acceptors (Lipinski definition) is 4. The minimum absolute atomic E-state index is 0.236. The molecule has 1 aliphatic heterocycles. The molecule has 0 radical (unpaired) electrons. The molecule has 2 N–H and O–H groups in total. The summed E-state index contributed by atoms with van der Waals surface area (Å²) in [5, 5.41) is 6.18. The summed E-state index contributed by atoms with van der Waals surface area (Å²) in [4.78, 5) is 32.5. The lowest BCUT2D eigenvalue weighted by Crippen LogP contribution is -2.54. The average Bonchev–Trinajstić information content (AvgIpc) is 2.69. The number of halogens is 1. The molecule has 8 heteroatoms. The third kappa shape index (κ3) is 5.10. The predicted octanol–water partition coefficient (Wildman–Crippen LogP) is 2.59. The van der Waals surface area contributed by atoms with Crippen LogP contribution in [0.25, 0.3) is 0 Å². The van der Waals surface area contributed by atoms with E-state index in [2.05, 4.69) is 20.5 Å². The fraction of sp³-hybridized carbons (Fsp3) is 0.316. The first-order valence-corrected chi connectivity index (χ1v) is 9.17. The molecule has 1 saturated heterocycles. The van der Waals surface area contributed by atoms with Crippen molar-refractivity contribution in [2.75, 3.05) is 36.4 Å². The number of carbonyl (C=O) groups excluding carboxylic acids is 2. The molecule has 27 heavy (non-hydrogen) atoms. The van der Waals surface area contributed by atoms with Crippen LogP contribution < -0.4 is 15.5 Å². The van der Waals surface area contributed by atoms with Crippen molar-refractivity contribution in [3.63, 3.8) is 0 Å². The maximum absolute atomic E-state index is 12.4. The van der Waals surface area contributed by atoms with Gasteiger partial charge in [-0.05, 0) is 43.3 Å². The van der Waals surface area contributed by atoms with Gasteiger partial charge in [0.1, 0.15) is 6.04 Å². The molecule has 1 aliphatic rings. The largest absolute Gasteiger partial charge is 0.368 e. The van der Waals surface area contributed by atoms with Crippen molar-refractivity contribution in [1.29, 1.82) is 0 Å². The molecule has 1 atom stereocenters. The van der Waals surface area contributed by atoms with E-state index in [9.17, 15) is 9.59 Å². The van der Waals surface area contributed by atoms with E-state index >= 15 is 0 Å². The zero-order valence-electron chi connectivity index (χ0n) is 15.1. The Balaban J connectivity index is 1.47. The molecule has 1 aromatic carbocycles. The Bertz CT molecular complexity index is 776. The molecule has 142 valence electrons. The van der Waals surface area contributed by atoms with Gasteiger partial charge < -0.3 is 20.4 Å². The second kappa shape index (κ2) is 8.73. The van der Waals surface area contributed by atoms with Gasteiger partial charge in [0.2, 0.25) is 5.91 Å². The molecule has 0 aliphatic carbocycles. The summed E-state index contributed by atoms with van der Waals surface area (Å²) in [6.45, 7) is 4.29. The van der Waals surface area contributed by atoms with Crippen LogP contribution in [0.2, 0.25) is 5.02 Å². The van der Waals surface area contributed by atoms with E-state index < -0.39 is 6.04 Å². The molecular formula is C19H22ClN5O2. The molecule has 0 saturated carbocycles. The number of pyridine rings is 1. The monoisotopic (exact) mass is 387 g/mol. The van der Waals surface area contributed by atoms with E-state index in [0.29, 0.717) is 23.8 Å². The Labute approximate surface area is 163 Å². The molecular weight excluding hydrogens is 366 g/mol. The van der Waals surface area contributed by atoms with Crippen LogP contribution >= 0.6 is 11.6 Å². The number of rotatable bonds is 4. The van der Waals surface area contributed by atoms with Crippen molar-refractivity contribution >= 4 is 34.9 Å². The molecule has 1 fully saturated rings. The molecule has 7 nitrogen and oxygen atoms in total. The fourth-order valence-corrected chi connectivity index (χ4v) is 2.97. The van der Waals surface area contributed by atoms with E-state index in [1.54, 1.807) is 36.4 Å². The number of hydrogen-bond donors (Lipinski definition) is 2. The maximum Gasteiger partial charge on any atom is 0.318 e. The van der Waals surface area contributed by atoms with Crippen LogP contribution in [0.5, 0.6) is 0 Å². The maximum atomic E-state index is 12.4. The second-order valence-electron chi connectivity index (χ2n) is 6.35. The van der Waals surface area contributed by atoms with Crippen LogP contribution in [0, 0.1) is 0 Å². The van der Waals surface area contributed by atoms with Crippen LogP contribution in [0.3, 0.4) is 0 Å². The number of aromatic nitrogens is 1. The highest BCUT2D eigenvalue weighted by Gasteiger charge is 2.24. The van der Waals surface area contributed by atoms with E-state index in [1.165, 1.54) is 0 Å². The topological polar surface area (TPSA) is 77.6 Å². The number of urea groups is 1. The zero-order chi connectivity index (χ0) is 19.2. The number of carbonyl (C=O) groups is 2. The van der Waals surface area contributed by atoms with Crippen molar-refractivity contribution in [3.05, 3.63) is 53.8 Å². The fourth-order valence-electron chi connectivity index (χ4n) is 2.85. The Morgan fingerprint density at radius 3 is 2.44 bits per heavy atom. The second-order valence-corrected chi connectivity index (χ2v) is 6.79. The van der Waals surface area contributed by atoms with Gasteiger partial charge in [0, 0.05) is 43.1 Å². The van der Waals surface area contributed by atoms with Crippen LogP contribution in [0.4, 0.5) is 16.2 Å². The van der Waals surface area contributed by atoms with Crippen molar-refractivity contribution in [2.24, 2.45) is 0 Å². The summed E-state index contributed by atoms with van der Waals surface area (Å²) >= 11 is 5.92. The summed E-state index contributed by atoms with van der Waals surface area (Å²) in [5.74, 6) is -0.281. The predicted molar refractivity (Wildman–Crippen MR) is 106 cm³/mol. The van der Waals surface area contributed by atoms with Crippen LogP contribution in [0.15, 0.2) is 48.8 Å². The van der Waals surface area contributed by atoms with Gasteiger partial charge in [-0.25, -0.2) is 4.79 Å². The van der Waals surface area contributed by atoms with Crippen molar-refractivity contribution in [2.45, 2.75) is 13.0 Å². The first-order valence-electron chi connectivity index (χ1n) is 8.80. The number of nitrogens with one attached hydrogen (secondary N) is 2. The quantitative estimate of drug-likeness (QED) is 0.845. The summed E-state index contributed by atoms with van der Waals surface area (Å²) in [6.07, 6.45) is 3.19. The Hall–Kier alpha value is -2.80. The number of nitrogens with zero attached hydrogens (tertiary/aromatic N) is 3. The lowest BCUT2D eigenvalue weighted by Gasteiger charge is -2.36. The lowest BCUT2D eigenvalue weighted by molar-refractivity contribution is -0.117. The van der Waals surface area contributed by atoms with Gasteiger partial charge in [0.05, 0.1) is 11.9 Å². The highest BCUT2D eigenvalue weighted by molar-refractivity contribution is 6.30. The lowest BCUT2D eigenvalue weighted by atomic mass is 10.2. The van der Waals surface area contributed by atoms with Crippen LogP contribution in [-0.2, 0) is 4.79 Å². The van der Waals surface area contributed by atoms with Gasteiger partial charge in [-0.1, -0.05) is 11.6 Å². The van der Waals surface area contributed by atoms with Gasteiger partial charge in [0.25, 0.3) is 0 Å². The summed E-state index contributed by atoms with van der Waals surface area (Å²) in [5.41, 5.74) is 1.68. The van der Waals surface area contributed by atoms with Gasteiger partial charge in [0.15, 0.2) is 0 Å². The third-order valence-electron chi connectivity index (χ3n) is 4.42. The Morgan fingerprint density at radius 2 is 1.81 bits per heavy atom. The number of amides is 3. The highest BCUT2D eigenvalue weighted by Crippen LogP contribution is 2.19. The standard InChI is InChI=1S/C19H22ClN5O2/c1-14(18(26)23-16-3-2-8-21-13-16)22-19(27)25-11-9-24(10-12-25)17-6-4-15(20)5-7-17/h2-8,13-14H,9-12H2,1H3,(H,22,27)(H,23,26)/t14-/m1/s1. The van der Waals surface area contributed by atoms with Crippen molar-refractivity contribution in [3.8, 4) is 0 Å². The number of piperazine rings is 1. The first kappa shape index (κ1) is 19.0. The molecule has 2 heterocycles. The molecule has 3 rings (SSSR count). The summed E-state index contributed by atoms with van der Waals surface area (Å²) in [6, 6.07) is 10.3. The van der Waals surface area contributed by atoms with Gasteiger partial charge in [-0.15, -0.1) is 0 Å². The highest BCUT2D eigenvalue weighted by atomic mass is 35.5. The van der Waals surface area contributed by atoms with E-state index in [-0.39, 0.29) is 11.9 Å². The van der Waals surface area contributed by atoms with E-state index in [0.717, 1.165) is 18.8 Å². The SMILES string of the molecule is C[C@@H](NC(=O)N1CCN(c2ccc(Cl)cc2)CC1)C(=O)Nc1cccnc1. The minimum atomic E-state index is -0.646. The summed E-state index contributed by atoms with van der Waals surface area (Å²) in [7, 11) is 0. The normalized spacial score (nSPS) is 15.2. The zero-order valence-corrected chi connectivity index (χ0v) is 15.8. The third-order valence-corrected chi connectivity index (χ3v) is 4.67. The summed E-state index contributed by atoms with van der Waals surface area (Å²) < 4.78 is 0. The van der Waals surface area contributed by atoms with Gasteiger partial charge in [-0.3, -0.25) is 9.78 Å². The molecule has 0 bridgehead atoms. The van der Waals surface area contributed by atoms with Crippen LogP contribution in [0.1, 0.15) is 6.92 Å². The number of benzene rings is 1. The molecule has 0 spiro atoms. The van der Waals surface area contributed by atoms with Gasteiger partial charge >= 0.3 is 6.03 Å². The smallest absolute Gasteiger partial charge is 0.318 e.